The number of piperidine rings is 2. The summed E-state index contributed by atoms with van der Waals surface area (Å²) in [4.78, 5) is 11.7. The van der Waals surface area contributed by atoms with Crippen molar-refractivity contribution < 1.29 is 0 Å². The van der Waals surface area contributed by atoms with Crippen LogP contribution in [0.4, 0.5) is 5.82 Å². The van der Waals surface area contributed by atoms with E-state index in [9.17, 15) is 0 Å². The van der Waals surface area contributed by atoms with E-state index in [-0.39, 0.29) is 0 Å². The van der Waals surface area contributed by atoms with Crippen molar-refractivity contribution in [2.75, 3.05) is 12.4 Å². The molecule has 21 heavy (non-hydrogen) atoms. The SMILES string of the molecule is CN1C2CCCC1CC(Nc1ncnc3c1CCCC3)C2. The van der Waals surface area contributed by atoms with Crippen molar-refractivity contribution >= 4 is 5.82 Å². The Morgan fingerprint density at radius 2 is 1.81 bits per heavy atom. The van der Waals surface area contributed by atoms with Gasteiger partial charge < -0.3 is 10.2 Å². The van der Waals surface area contributed by atoms with Crippen LogP contribution in [0.3, 0.4) is 0 Å². The molecule has 2 unspecified atom stereocenters. The second kappa shape index (κ2) is 5.56. The van der Waals surface area contributed by atoms with Crippen LogP contribution in [0.2, 0.25) is 0 Å². The van der Waals surface area contributed by atoms with E-state index < -0.39 is 0 Å². The van der Waals surface area contributed by atoms with E-state index in [2.05, 4.69) is 27.2 Å². The fourth-order valence-corrected chi connectivity index (χ4v) is 4.57. The highest BCUT2D eigenvalue weighted by Gasteiger charge is 2.36. The monoisotopic (exact) mass is 286 g/mol. The van der Waals surface area contributed by atoms with E-state index in [0.717, 1.165) is 30.7 Å². The van der Waals surface area contributed by atoms with E-state index in [4.69, 9.17) is 0 Å². The molecule has 4 rings (SSSR count). The zero-order chi connectivity index (χ0) is 14.2. The van der Waals surface area contributed by atoms with Crippen molar-refractivity contribution in [3.05, 3.63) is 17.6 Å². The van der Waals surface area contributed by atoms with Gasteiger partial charge in [0.1, 0.15) is 12.1 Å². The quantitative estimate of drug-likeness (QED) is 0.907. The van der Waals surface area contributed by atoms with Crippen LogP contribution >= 0.6 is 0 Å². The molecule has 0 spiro atoms. The first-order valence-corrected chi connectivity index (χ1v) is 8.62. The van der Waals surface area contributed by atoms with Gasteiger partial charge in [-0.05, 0) is 58.4 Å². The van der Waals surface area contributed by atoms with Crippen LogP contribution in [0.1, 0.15) is 56.2 Å². The molecule has 0 saturated carbocycles. The summed E-state index contributed by atoms with van der Waals surface area (Å²) in [5, 5.41) is 3.78. The number of anilines is 1. The molecule has 0 aromatic carbocycles. The summed E-state index contributed by atoms with van der Waals surface area (Å²) in [7, 11) is 2.32. The Balaban J connectivity index is 1.52. The zero-order valence-corrected chi connectivity index (χ0v) is 13.0. The Morgan fingerprint density at radius 1 is 1.05 bits per heavy atom. The molecule has 4 nitrogen and oxygen atoms in total. The summed E-state index contributed by atoms with van der Waals surface area (Å²) in [5.41, 5.74) is 2.68. The Hall–Kier alpha value is -1.16. The van der Waals surface area contributed by atoms with Crippen LogP contribution < -0.4 is 5.32 Å². The lowest BCUT2D eigenvalue weighted by Gasteiger charge is -2.47. The number of hydrogen-bond acceptors (Lipinski definition) is 4. The minimum atomic E-state index is 0.595. The molecule has 1 aromatic rings. The number of hydrogen-bond donors (Lipinski definition) is 1. The van der Waals surface area contributed by atoms with Gasteiger partial charge >= 0.3 is 0 Å². The van der Waals surface area contributed by atoms with Gasteiger partial charge in [0.15, 0.2) is 0 Å². The average Bonchev–Trinajstić information content (AvgIpc) is 2.49. The lowest BCUT2D eigenvalue weighted by molar-refractivity contribution is 0.0607. The third-order valence-corrected chi connectivity index (χ3v) is 5.81. The van der Waals surface area contributed by atoms with E-state index in [1.54, 1.807) is 6.33 Å². The van der Waals surface area contributed by atoms with Crippen molar-refractivity contribution in [1.82, 2.24) is 14.9 Å². The first kappa shape index (κ1) is 13.5. The minimum Gasteiger partial charge on any atom is -0.367 e. The summed E-state index contributed by atoms with van der Waals surface area (Å²) in [6.07, 6.45) is 13.3. The Morgan fingerprint density at radius 3 is 2.62 bits per heavy atom. The third kappa shape index (κ3) is 2.54. The number of aromatic nitrogens is 2. The van der Waals surface area contributed by atoms with E-state index in [1.165, 1.54) is 56.2 Å². The summed E-state index contributed by atoms with van der Waals surface area (Å²) < 4.78 is 0. The molecule has 2 bridgehead atoms. The molecule has 3 heterocycles. The van der Waals surface area contributed by atoms with Gasteiger partial charge in [-0.1, -0.05) is 6.42 Å². The molecular formula is C17H26N4. The smallest absolute Gasteiger partial charge is 0.133 e. The molecule has 2 atom stereocenters. The van der Waals surface area contributed by atoms with Crippen molar-refractivity contribution in [2.24, 2.45) is 0 Å². The fourth-order valence-electron chi connectivity index (χ4n) is 4.57. The van der Waals surface area contributed by atoms with Crippen LogP contribution in [0, 0.1) is 0 Å². The first-order chi connectivity index (χ1) is 10.3. The van der Waals surface area contributed by atoms with Crippen molar-refractivity contribution in [2.45, 2.75) is 75.9 Å². The molecule has 114 valence electrons. The Kier molecular flexibility index (Phi) is 3.57. The largest absolute Gasteiger partial charge is 0.367 e. The molecule has 1 aromatic heterocycles. The summed E-state index contributed by atoms with van der Waals surface area (Å²) in [5.74, 6) is 1.13. The van der Waals surface area contributed by atoms with E-state index in [1.807, 2.05) is 0 Å². The maximum Gasteiger partial charge on any atom is 0.133 e. The van der Waals surface area contributed by atoms with Gasteiger partial charge in [0.2, 0.25) is 0 Å². The maximum atomic E-state index is 4.56. The second-order valence-corrected chi connectivity index (χ2v) is 7.07. The Bertz CT molecular complexity index is 502. The molecular weight excluding hydrogens is 260 g/mol. The zero-order valence-electron chi connectivity index (χ0n) is 13.0. The van der Waals surface area contributed by atoms with Crippen LogP contribution in [0.15, 0.2) is 6.33 Å². The average molecular weight is 286 g/mol. The molecule has 4 heteroatoms. The Labute approximate surface area is 127 Å². The summed E-state index contributed by atoms with van der Waals surface area (Å²) in [6.45, 7) is 0. The van der Waals surface area contributed by atoms with Crippen molar-refractivity contribution in [3.8, 4) is 0 Å². The van der Waals surface area contributed by atoms with E-state index >= 15 is 0 Å². The number of aryl methyl sites for hydroxylation is 1. The molecule has 0 amide bonds. The fraction of sp³-hybridized carbons (Fsp3) is 0.765. The van der Waals surface area contributed by atoms with Crippen molar-refractivity contribution in [1.29, 1.82) is 0 Å². The highest BCUT2D eigenvalue weighted by Crippen LogP contribution is 2.34. The number of nitrogens with one attached hydrogen (secondary N) is 1. The first-order valence-electron chi connectivity index (χ1n) is 8.62. The van der Waals surface area contributed by atoms with Gasteiger partial charge in [0.05, 0.1) is 0 Å². The van der Waals surface area contributed by atoms with E-state index in [0.29, 0.717) is 6.04 Å². The normalized spacial score (nSPS) is 32.5. The number of nitrogens with zero attached hydrogens (tertiary/aromatic N) is 3. The van der Waals surface area contributed by atoms with Crippen molar-refractivity contribution in [3.63, 3.8) is 0 Å². The molecule has 2 fully saturated rings. The third-order valence-electron chi connectivity index (χ3n) is 5.81. The van der Waals surface area contributed by atoms with Gasteiger partial charge in [0.25, 0.3) is 0 Å². The predicted octanol–water partition coefficient (Wildman–Crippen LogP) is 2.78. The number of rotatable bonds is 2. The molecule has 2 saturated heterocycles. The van der Waals surface area contributed by atoms with Crippen LogP contribution in [0.25, 0.3) is 0 Å². The van der Waals surface area contributed by atoms with Gasteiger partial charge in [-0.15, -0.1) is 0 Å². The molecule has 3 aliphatic rings. The second-order valence-electron chi connectivity index (χ2n) is 7.07. The summed E-state index contributed by atoms with van der Waals surface area (Å²) in [6, 6.07) is 2.14. The van der Waals surface area contributed by atoms with Crippen LogP contribution in [-0.4, -0.2) is 40.0 Å². The van der Waals surface area contributed by atoms with Gasteiger partial charge in [-0.3, -0.25) is 0 Å². The lowest BCUT2D eigenvalue weighted by Crippen LogP contribution is -2.52. The highest BCUT2D eigenvalue weighted by atomic mass is 15.2. The predicted molar refractivity (Wildman–Crippen MR) is 84.5 cm³/mol. The summed E-state index contributed by atoms with van der Waals surface area (Å²) >= 11 is 0. The maximum absolute atomic E-state index is 4.56. The standard InChI is InChI=1S/C17H26N4/c1-21-13-5-4-6-14(21)10-12(9-13)20-17-15-7-2-3-8-16(15)18-11-19-17/h11-14H,2-10H2,1H3,(H,18,19,20). The van der Waals surface area contributed by atoms with Crippen LogP contribution in [0.5, 0.6) is 0 Å². The van der Waals surface area contributed by atoms with Gasteiger partial charge in [-0.25, -0.2) is 9.97 Å². The molecule has 1 N–H and O–H groups in total. The molecule has 1 aliphatic carbocycles. The van der Waals surface area contributed by atoms with Gasteiger partial charge in [0, 0.05) is 29.4 Å². The highest BCUT2D eigenvalue weighted by molar-refractivity contribution is 5.47. The minimum absolute atomic E-state index is 0.595. The topological polar surface area (TPSA) is 41.0 Å². The van der Waals surface area contributed by atoms with Crippen LogP contribution in [-0.2, 0) is 12.8 Å². The molecule has 0 radical (unpaired) electrons. The molecule has 2 aliphatic heterocycles. The lowest BCUT2D eigenvalue weighted by atomic mass is 9.82. The number of fused-ring (bicyclic) bond motifs is 3. The van der Waals surface area contributed by atoms with Gasteiger partial charge in [-0.2, -0.15) is 0 Å².